The van der Waals surface area contributed by atoms with Crippen LogP contribution in [-0.4, -0.2) is 82.7 Å². The van der Waals surface area contributed by atoms with E-state index in [1.54, 1.807) is 13.8 Å². The highest BCUT2D eigenvalue weighted by molar-refractivity contribution is 4.94. The van der Waals surface area contributed by atoms with E-state index in [1.165, 1.54) is 0 Å². The molecule has 8 atom stereocenters. The summed E-state index contributed by atoms with van der Waals surface area (Å²) in [4.78, 5) is 0. The van der Waals surface area contributed by atoms with Crippen molar-refractivity contribution >= 4 is 0 Å². The molecule has 0 amide bonds. The molecule has 4 heterocycles. The van der Waals surface area contributed by atoms with Crippen LogP contribution in [0.1, 0.15) is 41.0 Å². The van der Waals surface area contributed by atoms with Crippen molar-refractivity contribution in [2.24, 2.45) is 0 Å². The SMILES string of the molecule is CC1(C)O[C@@H]2[C@@H](CO)OC(O)[C@@H]2O1.CC[C@H]1OC(O)[C@@H]2OC(C)(C)O[C@H]12. The Hall–Kier alpha value is -0.360. The second kappa shape index (κ2) is 7.23. The standard InChI is InChI=1S/C9H16O4.C8H14O5/c1-4-5-6-7(8(10)11-5)13-9(2,3)12-6;1-8(2)12-5-4(3-9)11-7(10)6(5)13-8/h5-8,10H,4H2,1-3H3;4-7,9-10H,3H2,1-2H3/t5-,6-,7-,8?;4-,5-,6-,7?/m11/s1. The molecule has 4 aliphatic heterocycles. The normalized spacial score (nSPS) is 48.0. The van der Waals surface area contributed by atoms with E-state index in [0.29, 0.717) is 0 Å². The number of rotatable bonds is 2. The van der Waals surface area contributed by atoms with Crippen molar-refractivity contribution in [2.45, 2.75) is 102 Å². The van der Waals surface area contributed by atoms with Crippen LogP contribution in [0, 0.1) is 0 Å². The smallest absolute Gasteiger partial charge is 0.184 e. The van der Waals surface area contributed by atoms with Gasteiger partial charge in [-0.15, -0.1) is 0 Å². The molecule has 4 fully saturated rings. The van der Waals surface area contributed by atoms with Gasteiger partial charge < -0.3 is 43.7 Å². The number of fused-ring (bicyclic) bond motifs is 2. The predicted octanol–water partition coefficient (Wildman–Crippen LogP) is -0.150. The van der Waals surface area contributed by atoms with E-state index in [1.807, 2.05) is 20.8 Å². The predicted molar refractivity (Wildman–Crippen MR) is 86.8 cm³/mol. The lowest BCUT2D eigenvalue weighted by Crippen LogP contribution is -2.31. The number of hydrogen-bond donors (Lipinski definition) is 3. The third-order valence-corrected chi connectivity index (χ3v) is 4.83. The maximum Gasteiger partial charge on any atom is 0.184 e. The van der Waals surface area contributed by atoms with Crippen LogP contribution in [0.2, 0.25) is 0 Å². The second-order valence-electron chi connectivity index (χ2n) is 7.85. The summed E-state index contributed by atoms with van der Waals surface area (Å²) in [6.07, 6.45) is -2.81. The summed E-state index contributed by atoms with van der Waals surface area (Å²) in [6.45, 7) is 9.08. The summed E-state index contributed by atoms with van der Waals surface area (Å²) in [5.74, 6) is -1.29. The fourth-order valence-corrected chi connectivity index (χ4v) is 3.79. The first kappa shape index (κ1) is 20.4. The summed E-state index contributed by atoms with van der Waals surface area (Å²) in [5.41, 5.74) is 0. The van der Waals surface area contributed by atoms with Crippen LogP contribution in [0.3, 0.4) is 0 Å². The molecule has 0 spiro atoms. The molecule has 0 aromatic rings. The lowest BCUT2D eigenvalue weighted by atomic mass is 10.1. The van der Waals surface area contributed by atoms with Crippen LogP contribution in [0.25, 0.3) is 0 Å². The molecule has 152 valence electrons. The van der Waals surface area contributed by atoms with Gasteiger partial charge >= 0.3 is 0 Å². The van der Waals surface area contributed by atoms with E-state index in [0.717, 1.165) is 6.42 Å². The lowest BCUT2D eigenvalue weighted by Gasteiger charge is -2.21. The van der Waals surface area contributed by atoms with Crippen molar-refractivity contribution in [3.05, 3.63) is 0 Å². The molecular weight excluding hydrogens is 348 g/mol. The second-order valence-corrected chi connectivity index (χ2v) is 7.85. The summed E-state index contributed by atoms with van der Waals surface area (Å²) in [6, 6.07) is 0. The molecule has 4 saturated heterocycles. The van der Waals surface area contributed by atoms with Gasteiger partial charge in [0.25, 0.3) is 0 Å². The zero-order chi connectivity index (χ0) is 19.3. The maximum atomic E-state index is 9.51. The monoisotopic (exact) mass is 378 g/mol. The molecule has 4 rings (SSSR count). The van der Waals surface area contributed by atoms with Crippen molar-refractivity contribution in [1.82, 2.24) is 0 Å². The highest BCUT2D eigenvalue weighted by atomic mass is 16.8. The van der Waals surface area contributed by atoms with Gasteiger partial charge in [0.1, 0.15) is 30.5 Å². The summed E-state index contributed by atoms with van der Waals surface area (Å²) < 4.78 is 32.4. The zero-order valence-corrected chi connectivity index (χ0v) is 15.8. The molecule has 2 unspecified atom stereocenters. The van der Waals surface area contributed by atoms with E-state index >= 15 is 0 Å². The summed E-state index contributed by atoms with van der Waals surface area (Å²) >= 11 is 0. The number of aliphatic hydroxyl groups excluding tert-OH is 3. The van der Waals surface area contributed by atoms with Gasteiger partial charge in [-0.2, -0.15) is 0 Å². The van der Waals surface area contributed by atoms with Gasteiger partial charge in [-0.1, -0.05) is 6.92 Å². The molecule has 9 heteroatoms. The maximum absolute atomic E-state index is 9.51. The van der Waals surface area contributed by atoms with Crippen LogP contribution in [0.15, 0.2) is 0 Å². The Balaban J connectivity index is 0.000000151. The molecule has 0 aliphatic carbocycles. The molecule has 26 heavy (non-hydrogen) atoms. The minimum absolute atomic E-state index is 0.0400. The third-order valence-electron chi connectivity index (χ3n) is 4.83. The van der Waals surface area contributed by atoms with Crippen molar-refractivity contribution in [3.8, 4) is 0 Å². The Morgan fingerprint density at radius 2 is 1.08 bits per heavy atom. The molecule has 4 aliphatic rings. The van der Waals surface area contributed by atoms with Crippen LogP contribution in [0.5, 0.6) is 0 Å². The molecule has 0 saturated carbocycles. The molecule has 0 radical (unpaired) electrons. The Kier molecular flexibility index (Phi) is 5.67. The molecule has 9 nitrogen and oxygen atoms in total. The fourth-order valence-electron chi connectivity index (χ4n) is 3.79. The van der Waals surface area contributed by atoms with Crippen LogP contribution >= 0.6 is 0 Å². The van der Waals surface area contributed by atoms with Crippen molar-refractivity contribution < 1.29 is 43.7 Å². The Labute approximate surface area is 153 Å². The van der Waals surface area contributed by atoms with Crippen molar-refractivity contribution in [1.29, 1.82) is 0 Å². The third kappa shape index (κ3) is 3.91. The Bertz CT molecular complexity index is 453. The van der Waals surface area contributed by atoms with E-state index < -0.39 is 36.4 Å². The van der Waals surface area contributed by atoms with Crippen molar-refractivity contribution in [2.75, 3.05) is 6.61 Å². The largest absolute Gasteiger partial charge is 0.394 e. The van der Waals surface area contributed by atoms with E-state index in [9.17, 15) is 10.2 Å². The number of hydrogen-bond acceptors (Lipinski definition) is 9. The highest BCUT2D eigenvalue weighted by Crippen LogP contribution is 2.39. The molecular formula is C17H30O9. The fraction of sp³-hybridized carbons (Fsp3) is 1.00. The minimum Gasteiger partial charge on any atom is -0.394 e. The highest BCUT2D eigenvalue weighted by Gasteiger charge is 2.55. The van der Waals surface area contributed by atoms with Crippen LogP contribution in [0.4, 0.5) is 0 Å². The Morgan fingerprint density at radius 1 is 0.692 bits per heavy atom. The van der Waals surface area contributed by atoms with Gasteiger partial charge in [0.15, 0.2) is 24.2 Å². The first-order valence-corrected chi connectivity index (χ1v) is 9.06. The van der Waals surface area contributed by atoms with Crippen LogP contribution < -0.4 is 0 Å². The number of aliphatic hydroxyl groups is 3. The van der Waals surface area contributed by atoms with Crippen LogP contribution in [-0.2, 0) is 28.4 Å². The van der Waals surface area contributed by atoms with E-state index in [2.05, 4.69) is 0 Å². The zero-order valence-electron chi connectivity index (χ0n) is 15.8. The van der Waals surface area contributed by atoms with Gasteiger partial charge in [0.2, 0.25) is 0 Å². The van der Waals surface area contributed by atoms with E-state index in [4.69, 9.17) is 33.5 Å². The van der Waals surface area contributed by atoms with Gasteiger partial charge in [-0.05, 0) is 34.1 Å². The first-order chi connectivity index (χ1) is 12.1. The molecule has 0 aromatic heterocycles. The lowest BCUT2D eigenvalue weighted by molar-refractivity contribution is -0.223. The average Bonchev–Trinajstić information content (AvgIpc) is 3.21. The topological polar surface area (TPSA) is 116 Å². The summed E-state index contributed by atoms with van der Waals surface area (Å²) in [7, 11) is 0. The molecule has 0 bridgehead atoms. The van der Waals surface area contributed by atoms with Gasteiger partial charge in [-0.25, -0.2) is 0 Å². The summed E-state index contributed by atoms with van der Waals surface area (Å²) in [5, 5.41) is 27.8. The van der Waals surface area contributed by atoms with Gasteiger partial charge in [0, 0.05) is 0 Å². The number of ether oxygens (including phenoxy) is 6. The Morgan fingerprint density at radius 3 is 1.50 bits per heavy atom. The first-order valence-electron chi connectivity index (χ1n) is 9.06. The van der Waals surface area contributed by atoms with Crippen molar-refractivity contribution in [3.63, 3.8) is 0 Å². The average molecular weight is 378 g/mol. The molecule has 3 N–H and O–H groups in total. The van der Waals surface area contributed by atoms with Gasteiger partial charge in [-0.3, -0.25) is 0 Å². The van der Waals surface area contributed by atoms with Gasteiger partial charge in [0.05, 0.1) is 12.7 Å². The van der Waals surface area contributed by atoms with E-state index in [-0.39, 0.29) is 31.0 Å². The quantitative estimate of drug-likeness (QED) is 0.603. The molecule has 0 aromatic carbocycles. The minimum atomic E-state index is -0.996.